The Balaban J connectivity index is 2.43. The van der Waals surface area contributed by atoms with Crippen molar-refractivity contribution in [1.82, 2.24) is 0 Å². The summed E-state index contributed by atoms with van der Waals surface area (Å²) >= 11 is 4.68. The molecule has 0 aliphatic carbocycles. The van der Waals surface area contributed by atoms with E-state index < -0.39 is 0 Å². The number of anilines is 1. The number of hydrogen-bond acceptors (Lipinski definition) is 4. The molecular weight excluding hydrogens is 306 g/mol. The first kappa shape index (κ1) is 12.4. The van der Waals surface area contributed by atoms with Gasteiger partial charge in [0.05, 0.1) is 24.3 Å². The van der Waals surface area contributed by atoms with Gasteiger partial charge in [0.2, 0.25) is 11.8 Å². The van der Waals surface area contributed by atoms with Gasteiger partial charge >= 0.3 is 0 Å². The van der Waals surface area contributed by atoms with Gasteiger partial charge in [-0.1, -0.05) is 0 Å². The second kappa shape index (κ2) is 5.10. The zero-order chi connectivity index (χ0) is 12.4. The third kappa shape index (κ3) is 2.47. The van der Waals surface area contributed by atoms with Crippen LogP contribution in [0.5, 0.6) is 5.75 Å². The standard InChI is InChI=1S/C11H10BrNO3S/c1-16-7-2-3-8(12)9(4-7)13-10(14)5-17-6-11(13)15/h2-4H,5-6H2,1H3. The van der Waals surface area contributed by atoms with E-state index in [0.717, 1.165) is 0 Å². The van der Waals surface area contributed by atoms with Crippen LogP contribution in [0.15, 0.2) is 22.7 Å². The molecule has 1 aliphatic rings. The van der Waals surface area contributed by atoms with Gasteiger partial charge in [0.15, 0.2) is 0 Å². The van der Waals surface area contributed by atoms with Crippen LogP contribution in [0, 0.1) is 0 Å². The Morgan fingerprint density at radius 3 is 2.53 bits per heavy atom. The fraction of sp³-hybridized carbons (Fsp3) is 0.273. The number of imide groups is 1. The highest BCUT2D eigenvalue weighted by Crippen LogP contribution is 2.32. The lowest BCUT2D eigenvalue weighted by Gasteiger charge is -2.25. The fourth-order valence-electron chi connectivity index (χ4n) is 1.55. The molecule has 4 nitrogen and oxygen atoms in total. The minimum atomic E-state index is -0.194. The first-order chi connectivity index (χ1) is 8.13. The number of nitrogens with zero attached hydrogens (tertiary/aromatic N) is 1. The Kier molecular flexibility index (Phi) is 3.73. The van der Waals surface area contributed by atoms with Gasteiger partial charge in [-0.3, -0.25) is 9.59 Å². The van der Waals surface area contributed by atoms with Crippen LogP contribution >= 0.6 is 27.7 Å². The molecule has 90 valence electrons. The average molecular weight is 316 g/mol. The molecular formula is C11H10BrNO3S. The molecule has 1 saturated heterocycles. The van der Waals surface area contributed by atoms with Gasteiger partial charge < -0.3 is 4.74 Å². The van der Waals surface area contributed by atoms with Crippen molar-refractivity contribution >= 4 is 45.2 Å². The Hall–Kier alpha value is -1.01. The third-order valence-corrected chi connectivity index (χ3v) is 3.92. The summed E-state index contributed by atoms with van der Waals surface area (Å²) in [6, 6.07) is 5.20. The van der Waals surface area contributed by atoms with E-state index in [-0.39, 0.29) is 11.8 Å². The molecule has 2 rings (SSSR count). The Morgan fingerprint density at radius 2 is 1.94 bits per heavy atom. The van der Waals surface area contributed by atoms with Crippen molar-refractivity contribution in [3.05, 3.63) is 22.7 Å². The summed E-state index contributed by atoms with van der Waals surface area (Å²) in [5.74, 6) is 0.882. The highest BCUT2D eigenvalue weighted by atomic mass is 79.9. The molecule has 0 aromatic heterocycles. The summed E-state index contributed by atoms with van der Waals surface area (Å²) in [7, 11) is 1.54. The van der Waals surface area contributed by atoms with Gasteiger partial charge in [-0.2, -0.15) is 0 Å². The van der Waals surface area contributed by atoms with E-state index in [2.05, 4.69) is 15.9 Å². The molecule has 0 atom stereocenters. The molecule has 0 N–H and O–H groups in total. The van der Waals surface area contributed by atoms with E-state index in [1.54, 1.807) is 25.3 Å². The summed E-state index contributed by atoms with van der Waals surface area (Å²) in [6.07, 6.45) is 0. The van der Waals surface area contributed by atoms with Crippen molar-refractivity contribution < 1.29 is 14.3 Å². The number of carbonyl (C=O) groups excluding carboxylic acids is 2. The second-order valence-electron chi connectivity index (χ2n) is 3.43. The second-order valence-corrected chi connectivity index (χ2v) is 5.27. The van der Waals surface area contributed by atoms with E-state index in [1.165, 1.54) is 16.7 Å². The molecule has 0 spiro atoms. The first-order valence-corrected chi connectivity index (χ1v) is 6.85. The highest BCUT2D eigenvalue weighted by molar-refractivity contribution is 9.10. The lowest BCUT2D eigenvalue weighted by Crippen LogP contribution is -2.43. The molecule has 1 heterocycles. The number of thioether (sulfide) groups is 1. The van der Waals surface area contributed by atoms with Crippen molar-refractivity contribution in [3.8, 4) is 5.75 Å². The predicted octanol–water partition coefficient (Wildman–Crippen LogP) is 2.06. The third-order valence-electron chi connectivity index (χ3n) is 2.34. The van der Waals surface area contributed by atoms with Crippen LogP contribution in [0.25, 0.3) is 0 Å². The van der Waals surface area contributed by atoms with E-state index >= 15 is 0 Å². The molecule has 2 amide bonds. The van der Waals surface area contributed by atoms with Crippen LogP contribution in [-0.2, 0) is 9.59 Å². The number of halogens is 1. The number of benzene rings is 1. The van der Waals surface area contributed by atoms with Crippen LogP contribution < -0.4 is 9.64 Å². The maximum atomic E-state index is 11.8. The number of methoxy groups -OCH3 is 1. The van der Waals surface area contributed by atoms with Gasteiger partial charge in [0.25, 0.3) is 0 Å². The summed E-state index contributed by atoms with van der Waals surface area (Å²) in [6.45, 7) is 0. The van der Waals surface area contributed by atoms with Gasteiger partial charge in [-0.05, 0) is 28.1 Å². The predicted molar refractivity (Wildman–Crippen MR) is 70.5 cm³/mol. The molecule has 1 aromatic rings. The molecule has 1 aromatic carbocycles. The van der Waals surface area contributed by atoms with Crippen LogP contribution in [-0.4, -0.2) is 30.4 Å². The number of hydrogen-bond donors (Lipinski definition) is 0. The Labute approximate surface area is 111 Å². The van der Waals surface area contributed by atoms with Crippen molar-refractivity contribution in [2.24, 2.45) is 0 Å². The highest BCUT2D eigenvalue weighted by Gasteiger charge is 2.29. The van der Waals surface area contributed by atoms with Gasteiger partial charge in [-0.15, -0.1) is 11.8 Å². The van der Waals surface area contributed by atoms with Crippen molar-refractivity contribution in [3.63, 3.8) is 0 Å². The molecule has 0 saturated carbocycles. The maximum absolute atomic E-state index is 11.8. The molecule has 17 heavy (non-hydrogen) atoms. The number of ether oxygens (including phenoxy) is 1. The number of rotatable bonds is 2. The lowest BCUT2D eigenvalue weighted by atomic mass is 10.2. The van der Waals surface area contributed by atoms with Crippen molar-refractivity contribution in [2.45, 2.75) is 0 Å². The SMILES string of the molecule is COc1ccc(Br)c(N2C(=O)CSCC2=O)c1. The lowest BCUT2D eigenvalue weighted by molar-refractivity contribution is -0.124. The van der Waals surface area contributed by atoms with E-state index in [9.17, 15) is 9.59 Å². The van der Waals surface area contributed by atoms with Gasteiger partial charge in [0, 0.05) is 10.5 Å². The van der Waals surface area contributed by atoms with Gasteiger partial charge in [0.1, 0.15) is 5.75 Å². The minimum absolute atomic E-state index is 0.194. The largest absolute Gasteiger partial charge is 0.497 e. The summed E-state index contributed by atoms with van der Waals surface area (Å²) in [5, 5.41) is 0. The normalized spacial score (nSPS) is 16.2. The topological polar surface area (TPSA) is 46.6 Å². The monoisotopic (exact) mass is 315 g/mol. The molecule has 0 radical (unpaired) electrons. The molecule has 1 fully saturated rings. The summed E-state index contributed by atoms with van der Waals surface area (Å²) in [5.41, 5.74) is 0.541. The fourth-order valence-corrected chi connectivity index (χ4v) is 2.69. The molecule has 0 unspecified atom stereocenters. The summed E-state index contributed by atoms with van der Waals surface area (Å²) < 4.78 is 5.80. The molecule has 1 aliphatic heterocycles. The van der Waals surface area contributed by atoms with E-state index in [1.807, 2.05) is 0 Å². The zero-order valence-corrected chi connectivity index (χ0v) is 11.5. The molecule has 6 heteroatoms. The van der Waals surface area contributed by atoms with Crippen LogP contribution in [0.2, 0.25) is 0 Å². The molecule has 0 bridgehead atoms. The summed E-state index contributed by atoms with van der Waals surface area (Å²) in [4.78, 5) is 24.8. The smallest absolute Gasteiger partial charge is 0.243 e. The van der Waals surface area contributed by atoms with Gasteiger partial charge in [-0.25, -0.2) is 4.90 Å². The first-order valence-electron chi connectivity index (χ1n) is 4.90. The van der Waals surface area contributed by atoms with Crippen LogP contribution in [0.1, 0.15) is 0 Å². The van der Waals surface area contributed by atoms with Crippen molar-refractivity contribution in [1.29, 1.82) is 0 Å². The van der Waals surface area contributed by atoms with E-state index in [0.29, 0.717) is 27.4 Å². The van der Waals surface area contributed by atoms with Crippen LogP contribution in [0.4, 0.5) is 5.69 Å². The van der Waals surface area contributed by atoms with Crippen LogP contribution in [0.3, 0.4) is 0 Å². The zero-order valence-electron chi connectivity index (χ0n) is 9.10. The number of carbonyl (C=O) groups is 2. The number of amides is 2. The van der Waals surface area contributed by atoms with Crippen molar-refractivity contribution in [2.75, 3.05) is 23.5 Å². The Bertz CT molecular complexity index is 462. The quantitative estimate of drug-likeness (QED) is 0.784. The average Bonchev–Trinajstić information content (AvgIpc) is 2.31. The van der Waals surface area contributed by atoms with E-state index in [4.69, 9.17) is 4.74 Å². The maximum Gasteiger partial charge on any atom is 0.243 e. The Morgan fingerprint density at radius 1 is 1.29 bits per heavy atom. The minimum Gasteiger partial charge on any atom is -0.497 e.